The van der Waals surface area contributed by atoms with E-state index >= 15 is 0 Å². The molecule has 1 aromatic heterocycles. The van der Waals surface area contributed by atoms with Gasteiger partial charge in [0.05, 0.1) is 5.52 Å². The number of H-pyrrole nitrogens is 1. The molecule has 84 valence electrons. The molecule has 0 bridgehead atoms. The van der Waals surface area contributed by atoms with Crippen molar-refractivity contribution in [3.05, 3.63) is 58.6 Å². The van der Waals surface area contributed by atoms with E-state index in [1.54, 1.807) is 0 Å². The van der Waals surface area contributed by atoms with Crippen LogP contribution in [0.3, 0.4) is 0 Å². The molecule has 0 fully saturated rings. The highest BCUT2D eigenvalue weighted by atomic mass is 79.9. The molecule has 0 aliphatic heterocycles. The van der Waals surface area contributed by atoms with Crippen LogP contribution in [0.5, 0.6) is 0 Å². The summed E-state index contributed by atoms with van der Waals surface area (Å²) in [6.07, 6.45) is 0. The monoisotopic (exact) mass is 285 g/mol. The van der Waals surface area contributed by atoms with Gasteiger partial charge in [-0.3, -0.25) is 0 Å². The van der Waals surface area contributed by atoms with Crippen LogP contribution in [0.2, 0.25) is 0 Å². The van der Waals surface area contributed by atoms with Crippen LogP contribution in [-0.2, 0) is 0 Å². The first-order valence-electron chi connectivity index (χ1n) is 5.58. The average Bonchev–Trinajstić information content (AvgIpc) is 2.74. The molecule has 3 rings (SSSR count). The lowest BCUT2D eigenvalue weighted by Crippen LogP contribution is -1.76. The SMILES string of the molecule is Cc1cc(Br)c2[nH]c(-c3ccccc3)cc2c1. The standard InChI is InChI=1S/C15H12BrN/c1-10-7-12-9-14(11-5-3-2-4-6-11)17-15(12)13(16)8-10/h2-9,17H,1H3. The van der Waals surface area contributed by atoms with Gasteiger partial charge in [-0.15, -0.1) is 0 Å². The van der Waals surface area contributed by atoms with Crippen LogP contribution >= 0.6 is 15.9 Å². The molecule has 2 heteroatoms. The summed E-state index contributed by atoms with van der Waals surface area (Å²) in [5, 5.41) is 1.25. The third kappa shape index (κ3) is 1.89. The topological polar surface area (TPSA) is 15.8 Å². The Labute approximate surface area is 109 Å². The first-order valence-corrected chi connectivity index (χ1v) is 6.37. The first-order chi connectivity index (χ1) is 8.24. The van der Waals surface area contributed by atoms with Gasteiger partial charge in [0.2, 0.25) is 0 Å². The van der Waals surface area contributed by atoms with Gasteiger partial charge in [-0.05, 0) is 52.2 Å². The highest BCUT2D eigenvalue weighted by molar-refractivity contribution is 9.10. The van der Waals surface area contributed by atoms with Crippen LogP contribution in [0.4, 0.5) is 0 Å². The number of rotatable bonds is 1. The lowest BCUT2D eigenvalue weighted by Gasteiger charge is -1.97. The number of hydrogen-bond acceptors (Lipinski definition) is 0. The van der Waals surface area contributed by atoms with Gasteiger partial charge in [0.25, 0.3) is 0 Å². The molecule has 1 nitrogen and oxygen atoms in total. The Bertz CT molecular complexity index is 668. The fraction of sp³-hybridized carbons (Fsp3) is 0.0667. The lowest BCUT2D eigenvalue weighted by atomic mass is 10.1. The maximum Gasteiger partial charge on any atom is 0.0603 e. The van der Waals surface area contributed by atoms with Crippen LogP contribution in [0.15, 0.2) is 53.0 Å². The Morgan fingerprint density at radius 3 is 2.53 bits per heavy atom. The molecule has 0 saturated carbocycles. The summed E-state index contributed by atoms with van der Waals surface area (Å²) in [7, 11) is 0. The summed E-state index contributed by atoms with van der Waals surface area (Å²) in [5.74, 6) is 0. The smallest absolute Gasteiger partial charge is 0.0603 e. The van der Waals surface area contributed by atoms with Gasteiger partial charge in [-0.2, -0.15) is 0 Å². The molecular weight excluding hydrogens is 274 g/mol. The predicted molar refractivity (Wildman–Crippen MR) is 76.2 cm³/mol. The molecule has 1 N–H and O–H groups in total. The number of aryl methyl sites for hydroxylation is 1. The second kappa shape index (κ2) is 4.04. The van der Waals surface area contributed by atoms with Crippen molar-refractivity contribution < 1.29 is 0 Å². The van der Waals surface area contributed by atoms with Crippen LogP contribution in [0, 0.1) is 6.92 Å². The molecule has 1 heterocycles. The third-order valence-corrected chi connectivity index (χ3v) is 3.53. The number of fused-ring (bicyclic) bond motifs is 1. The molecule has 2 aromatic carbocycles. The fourth-order valence-corrected chi connectivity index (χ4v) is 2.80. The van der Waals surface area contributed by atoms with Crippen LogP contribution in [-0.4, -0.2) is 4.98 Å². The van der Waals surface area contributed by atoms with Crippen molar-refractivity contribution in [1.82, 2.24) is 4.98 Å². The quantitative estimate of drug-likeness (QED) is 0.654. The number of nitrogens with one attached hydrogen (secondary N) is 1. The second-order valence-electron chi connectivity index (χ2n) is 4.26. The lowest BCUT2D eigenvalue weighted by molar-refractivity contribution is 1.43. The minimum atomic E-state index is 1.12. The van der Waals surface area contributed by atoms with Crippen molar-refractivity contribution in [3.8, 4) is 11.3 Å². The zero-order chi connectivity index (χ0) is 11.8. The first kappa shape index (κ1) is 10.6. The summed E-state index contributed by atoms with van der Waals surface area (Å²) in [6.45, 7) is 2.11. The molecule has 17 heavy (non-hydrogen) atoms. The Kier molecular flexibility index (Phi) is 2.52. The van der Waals surface area contributed by atoms with E-state index in [2.05, 4.69) is 70.3 Å². The molecule has 0 aliphatic carbocycles. The van der Waals surface area contributed by atoms with Gasteiger partial charge < -0.3 is 4.98 Å². The average molecular weight is 286 g/mol. The van der Waals surface area contributed by atoms with Crippen molar-refractivity contribution in [1.29, 1.82) is 0 Å². The maximum absolute atomic E-state index is 3.60. The summed E-state index contributed by atoms with van der Waals surface area (Å²) >= 11 is 3.60. The van der Waals surface area contributed by atoms with Gasteiger partial charge in [0, 0.05) is 15.6 Å². The summed E-state index contributed by atoms with van der Waals surface area (Å²) < 4.78 is 1.12. The van der Waals surface area contributed by atoms with Crippen molar-refractivity contribution in [2.45, 2.75) is 6.92 Å². The summed E-state index contributed by atoms with van der Waals surface area (Å²) in [4.78, 5) is 3.46. The largest absolute Gasteiger partial charge is 0.354 e. The van der Waals surface area contributed by atoms with Gasteiger partial charge in [0.1, 0.15) is 0 Å². The number of halogens is 1. The number of aromatic nitrogens is 1. The van der Waals surface area contributed by atoms with E-state index in [9.17, 15) is 0 Å². The molecular formula is C15H12BrN. The molecule has 0 atom stereocenters. The van der Waals surface area contributed by atoms with Crippen molar-refractivity contribution in [3.63, 3.8) is 0 Å². The highest BCUT2D eigenvalue weighted by Crippen LogP contribution is 2.29. The van der Waals surface area contributed by atoms with Crippen molar-refractivity contribution in [2.75, 3.05) is 0 Å². The zero-order valence-electron chi connectivity index (χ0n) is 9.50. The molecule has 0 aliphatic rings. The van der Waals surface area contributed by atoms with E-state index < -0.39 is 0 Å². The van der Waals surface area contributed by atoms with E-state index in [4.69, 9.17) is 0 Å². The number of benzene rings is 2. The second-order valence-corrected chi connectivity index (χ2v) is 5.11. The van der Waals surface area contributed by atoms with E-state index in [-0.39, 0.29) is 0 Å². The van der Waals surface area contributed by atoms with E-state index in [0.717, 1.165) is 15.7 Å². The van der Waals surface area contributed by atoms with Gasteiger partial charge in [0.15, 0.2) is 0 Å². The Hall–Kier alpha value is -1.54. The van der Waals surface area contributed by atoms with E-state index in [1.165, 1.54) is 16.5 Å². The van der Waals surface area contributed by atoms with Crippen molar-refractivity contribution >= 4 is 26.8 Å². The Balaban J connectivity index is 2.24. The molecule has 0 amide bonds. The van der Waals surface area contributed by atoms with E-state index in [1.807, 2.05) is 6.07 Å². The van der Waals surface area contributed by atoms with Gasteiger partial charge in [-0.25, -0.2) is 0 Å². The number of aromatic amines is 1. The highest BCUT2D eigenvalue weighted by Gasteiger charge is 2.06. The molecule has 0 spiro atoms. The van der Waals surface area contributed by atoms with Gasteiger partial charge >= 0.3 is 0 Å². The van der Waals surface area contributed by atoms with Crippen LogP contribution < -0.4 is 0 Å². The molecule has 0 saturated heterocycles. The van der Waals surface area contributed by atoms with Crippen LogP contribution in [0.25, 0.3) is 22.2 Å². The Morgan fingerprint density at radius 1 is 1.00 bits per heavy atom. The third-order valence-electron chi connectivity index (χ3n) is 2.91. The minimum Gasteiger partial charge on any atom is -0.354 e. The Morgan fingerprint density at radius 2 is 1.76 bits per heavy atom. The summed E-state index contributed by atoms with van der Waals surface area (Å²) in [6, 6.07) is 16.9. The van der Waals surface area contributed by atoms with Gasteiger partial charge in [-0.1, -0.05) is 30.3 Å². The zero-order valence-corrected chi connectivity index (χ0v) is 11.1. The number of hydrogen-bond donors (Lipinski definition) is 1. The maximum atomic E-state index is 3.60. The fourth-order valence-electron chi connectivity index (χ4n) is 2.11. The van der Waals surface area contributed by atoms with E-state index in [0.29, 0.717) is 0 Å². The summed E-state index contributed by atoms with van der Waals surface area (Å²) in [5.41, 5.74) is 4.80. The molecule has 3 aromatic rings. The van der Waals surface area contributed by atoms with Crippen LogP contribution in [0.1, 0.15) is 5.56 Å². The predicted octanol–water partition coefficient (Wildman–Crippen LogP) is 4.91. The molecule has 0 unspecified atom stereocenters. The van der Waals surface area contributed by atoms with Crippen molar-refractivity contribution in [2.24, 2.45) is 0 Å². The molecule has 0 radical (unpaired) electrons. The normalized spacial score (nSPS) is 10.9. The minimum absolute atomic E-state index is 1.12.